The molecule has 3 aromatic rings. The second-order valence-electron chi connectivity index (χ2n) is 9.02. The summed E-state index contributed by atoms with van der Waals surface area (Å²) in [6, 6.07) is 4.41. The van der Waals surface area contributed by atoms with Gasteiger partial charge in [-0.15, -0.1) is 5.10 Å². The van der Waals surface area contributed by atoms with Gasteiger partial charge in [0.15, 0.2) is 23.8 Å². The van der Waals surface area contributed by atoms with Crippen LogP contribution in [-0.4, -0.2) is 57.4 Å². The smallest absolute Gasteiger partial charge is 0.456 e. The lowest BCUT2D eigenvalue weighted by Crippen LogP contribution is -2.48. The Morgan fingerprint density at radius 3 is 2.54 bits per heavy atom. The Labute approximate surface area is 196 Å². The molecule has 2 fully saturated rings. The second kappa shape index (κ2) is 8.45. The molecule has 1 aliphatic heterocycles. The molecule has 0 radical (unpaired) electrons. The first-order valence-corrected chi connectivity index (χ1v) is 11.1. The van der Waals surface area contributed by atoms with Crippen LogP contribution in [0, 0.1) is 24.6 Å². The molecular weight excluding hydrogens is 478 g/mol. The van der Waals surface area contributed by atoms with Crippen LogP contribution in [0.2, 0.25) is 0 Å². The van der Waals surface area contributed by atoms with Gasteiger partial charge in [-0.3, -0.25) is 4.98 Å². The molecule has 1 N–H and O–H groups in total. The summed E-state index contributed by atoms with van der Waals surface area (Å²) in [5.41, 5.74) is 1.28. The number of piperidine rings is 1. The lowest BCUT2D eigenvalue weighted by molar-refractivity contribution is -0.289. The number of anilines is 2. The fourth-order valence-electron chi connectivity index (χ4n) is 4.88. The number of ether oxygens (including phenoxy) is 1. The number of halogens is 6. The molecule has 13 heteroatoms. The van der Waals surface area contributed by atoms with Crippen LogP contribution in [0.4, 0.5) is 38.0 Å². The molecule has 1 saturated heterocycles. The number of hydrogen-bond acceptors (Lipinski definition) is 6. The van der Waals surface area contributed by atoms with Crippen LogP contribution >= 0.6 is 0 Å². The van der Waals surface area contributed by atoms with Crippen LogP contribution in [0.25, 0.3) is 5.65 Å². The molecule has 2 bridgehead atoms. The Bertz CT molecular complexity index is 1220. The summed E-state index contributed by atoms with van der Waals surface area (Å²) in [6.07, 6.45) is -1.14. The van der Waals surface area contributed by atoms with Gasteiger partial charge in [-0.1, -0.05) is 0 Å². The van der Waals surface area contributed by atoms with Crippen molar-refractivity contribution in [2.45, 2.75) is 37.9 Å². The van der Waals surface area contributed by atoms with Crippen molar-refractivity contribution in [1.82, 2.24) is 19.6 Å². The van der Waals surface area contributed by atoms with Crippen molar-refractivity contribution in [2.75, 3.05) is 29.9 Å². The fourth-order valence-corrected chi connectivity index (χ4v) is 4.88. The Morgan fingerprint density at radius 1 is 1.14 bits per heavy atom. The van der Waals surface area contributed by atoms with E-state index >= 15 is 0 Å². The number of aromatic nitrogens is 4. The van der Waals surface area contributed by atoms with Crippen LogP contribution in [0.15, 0.2) is 30.6 Å². The number of alkyl halides is 5. The number of hydrogen-bond donors (Lipinski definition) is 1. The van der Waals surface area contributed by atoms with Gasteiger partial charge in [0.1, 0.15) is 0 Å². The fraction of sp³-hybridized carbons (Fsp3) is 0.500. The topological polar surface area (TPSA) is 67.6 Å². The van der Waals surface area contributed by atoms with E-state index in [4.69, 9.17) is 4.74 Å². The van der Waals surface area contributed by atoms with Crippen molar-refractivity contribution in [2.24, 2.45) is 11.8 Å². The van der Waals surface area contributed by atoms with E-state index in [-0.39, 0.29) is 41.0 Å². The van der Waals surface area contributed by atoms with Gasteiger partial charge in [-0.25, -0.2) is 8.91 Å². The number of pyridine rings is 2. The molecule has 5 rings (SSSR count). The summed E-state index contributed by atoms with van der Waals surface area (Å²) in [5.74, 6) is -5.01. The molecule has 0 spiro atoms. The molecule has 2 aliphatic rings. The molecule has 188 valence electrons. The Morgan fingerprint density at radius 2 is 1.86 bits per heavy atom. The van der Waals surface area contributed by atoms with E-state index in [1.54, 1.807) is 6.07 Å². The van der Waals surface area contributed by atoms with E-state index < -0.39 is 18.7 Å². The third kappa shape index (κ3) is 4.43. The SMILES string of the molecule is Cc1cc(N2C[C@H]3CC[C@@H](C2)[C@@H]3Nc2nc3c(OCC(F)(F)C(F)(F)F)cccn3n2)c(F)cn1. The van der Waals surface area contributed by atoms with Crippen molar-refractivity contribution < 1.29 is 31.1 Å². The summed E-state index contributed by atoms with van der Waals surface area (Å²) in [5, 5.41) is 7.58. The van der Waals surface area contributed by atoms with Crippen LogP contribution in [0.5, 0.6) is 5.75 Å². The number of nitrogens with one attached hydrogen (secondary N) is 1. The highest BCUT2D eigenvalue weighted by molar-refractivity contribution is 5.56. The predicted molar refractivity (Wildman–Crippen MR) is 114 cm³/mol. The van der Waals surface area contributed by atoms with Gasteiger partial charge in [-0.2, -0.15) is 26.9 Å². The average molecular weight is 500 g/mol. The average Bonchev–Trinajstić information content (AvgIpc) is 3.29. The summed E-state index contributed by atoms with van der Waals surface area (Å²) >= 11 is 0. The highest BCUT2D eigenvalue weighted by Crippen LogP contribution is 2.41. The first-order chi connectivity index (χ1) is 16.5. The monoisotopic (exact) mass is 500 g/mol. The van der Waals surface area contributed by atoms with E-state index in [1.807, 2.05) is 11.8 Å². The molecule has 3 atom stereocenters. The molecule has 1 aliphatic carbocycles. The molecule has 7 nitrogen and oxygen atoms in total. The van der Waals surface area contributed by atoms with Crippen molar-refractivity contribution in [3.8, 4) is 5.75 Å². The van der Waals surface area contributed by atoms with Gasteiger partial charge in [-0.05, 0) is 49.8 Å². The molecule has 0 unspecified atom stereocenters. The molecule has 1 saturated carbocycles. The maximum absolute atomic E-state index is 14.4. The zero-order valence-electron chi connectivity index (χ0n) is 18.6. The highest BCUT2D eigenvalue weighted by Gasteiger charge is 2.58. The minimum absolute atomic E-state index is 0.00795. The summed E-state index contributed by atoms with van der Waals surface area (Å²) in [6.45, 7) is 1.20. The largest absolute Gasteiger partial charge is 0.483 e. The van der Waals surface area contributed by atoms with Gasteiger partial charge in [0.2, 0.25) is 5.95 Å². The molecular formula is C22H22F6N6O. The van der Waals surface area contributed by atoms with Crippen molar-refractivity contribution in [1.29, 1.82) is 0 Å². The van der Waals surface area contributed by atoms with Crippen molar-refractivity contribution in [3.63, 3.8) is 0 Å². The summed E-state index contributed by atoms with van der Waals surface area (Å²) in [4.78, 5) is 10.3. The molecule has 0 amide bonds. The highest BCUT2D eigenvalue weighted by atomic mass is 19.4. The molecule has 3 aromatic heterocycles. The summed E-state index contributed by atoms with van der Waals surface area (Å²) in [7, 11) is 0. The summed E-state index contributed by atoms with van der Waals surface area (Å²) < 4.78 is 84.4. The Kier molecular flexibility index (Phi) is 5.67. The quantitative estimate of drug-likeness (QED) is 0.504. The Balaban J connectivity index is 1.31. The minimum Gasteiger partial charge on any atom is -0.483 e. The number of nitrogens with zero attached hydrogens (tertiary/aromatic N) is 5. The lowest BCUT2D eigenvalue weighted by Gasteiger charge is -2.39. The number of fused-ring (bicyclic) bond motifs is 3. The Hall–Kier alpha value is -3.25. The maximum atomic E-state index is 14.4. The van der Waals surface area contributed by atoms with Gasteiger partial charge < -0.3 is 15.0 Å². The van der Waals surface area contributed by atoms with Gasteiger partial charge in [0.25, 0.3) is 0 Å². The van der Waals surface area contributed by atoms with Crippen LogP contribution in [0.1, 0.15) is 18.5 Å². The molecule has 35 heavy (non-hydrogen) atoms. The third-order valence-corrected chi connectivity index (χ3v) is 6.59. The van der Waals surface area contributed by atoms with Crippen LogP contribution in [0.3, 0.4) is 0 Å². The number of rotatable bonds is 6. The number of aryl methyl sites for hydroxylation is 1. The van der Waals surface area contributed by atoms with Crippen LogP contribution < -0.4 is 15.0 Å². The van der Waals surface area contributed by atoms with Crippen molar-refractivity contribution in [3.05, 3.63) is 42.1 Å². The van der Waals surface area contributed by atoms with Gasteiger partial charge in [0.05, 0.1) is 11.9 Å². The van der Waals surface area contributed by atoms with Gasteiger partial charge >= 0.3 is 12.1 Å². The third-order valence-electron chi connectivity index (χ3n) is 6.59. The maximum Gasteiger partial charge on any atom is 0.456 e. The first kappa shape index (κ1) is 23.5. The van der Waals surface area contributed by atoms with Gasteiger partial charge in [0, 0.05) is 31.0 Å². The van der Waals surface area contributed by atoms with E-state index in [1.165, 1.54) is 29.0 Å². The predicted octanol–water partition coefficient (Wildman–Crippen LogP) is 4.48. The zero-order valence-corrected chi connectivity index (χ0v) is 18.6. The standard InChI is InChI=1S/C22H22F6N6O/c1-12-7-16(15(23)8-29-12)33-9-13-4-5-14(10-33)18(13)30-20-31-19-17(3-2-6-34(19)32-20)35-11-21(24,25)22(26,27)28/h2-3,6-8,13-14,18H,4-5,9-11H2,1H3,(H,30,32)/t13-,14+,18-. The van der Waals surface area contributed by atoms with E-state index in [0.29, 0.717) is 18.8 Å². The van der Waals surface area contributed by atoms with Crippen LogP contribution in [-0.2, 0) is 0 Å². The minimum atomic E-state index is -5.72. The zero-order chi connectivity index (χ0) is 25.0. The second-order valence-corrected chi connectivity index (χ2v) is 9.02. The van der Waals surface area contributed by atoms with E-state index in [0.717, 1.165) is 18.5 Å². The lowest BCUT2D eigenvalue weighted by atomic mass is 9.92. The van der Waals surface area contributed by atoms with Crippen molar-refractivity contribution >= 4 is 17.3 Å². The first-order valence-electron chi connectivity index (χ1n) is 11.1. The van der Waals surface area contributed by atoms with E-state index in [2.05, 4.69) is 20.4 Å². The normalized spacial score (nSPS) is 22.6. The van der Waals surface area contributed by atoms with E-state index in [9.17, 15) is 26.3 Å². The molecule has 4 heterocycles. The molecule has 0 aromatic carbocycles.